The lowest BCUT2D eigenvalue weighted by Crippen LogP contribution is -2.48. The first-order valence-corrected chi connectivity index (χ1v) is 10.8. The van der Waals surface area contributed by atoms with E-state index in [0.717, 1.165) is 29.0 Å². The van der Waals surface area contributed by atoms with Crippen molar-refractivity contribution in [1.82, 2.24) is 9.21 Å². The molecule has 3 rings (SSSR count). The molecule has 1 heterocycles. The van der Waals surface area contributed by atoms with Gasteiger partial charge in [-0.3, -0.25) is 4.90 Å². The number of hydrogen-bond acceptors (Lipinski definition) is 5. The van der Waals surface area contributed by atoms with E-state index in [1.807, 2.05) is 31.2 Å². The van der Waals surface area contributed by atoms with Gasteiger partial charge in [-0.2, -0.15) is 4.31 Å². The molecule has 0 bridgehead atoms. The zero-order valence-corrected chi connectivity index (χ0v) is 17.8. The topological polar surface area (TPSA) is 59.1 Å². The summed E-state index contributed by atoms with van der Waals surface area (Å²) >= 11 is 0. The van der Waals surface area contributed by atoms with Gasteiger partial charge in [0, 0.05) is 32.7 Å². The molecule has 1 aliphatic heterocycles. The summed E-state index contributed by atoms with van der Waals surface area (Å²) in [6, 6.07) is 11.0. The highest BCUT2D eigenvalue weighted by Crippen LogP contribution is 2.31. The van der Waals surface area contributed by atoms with E-state index < -0.39 is 10.0 Å². The van der Waals surface area contributed by atoms with Crippen molar-refractivity contribution in [3.05, 3.63) is 53.1 Å². The number of benzene rings is 2. The van der Waals surface area contributed by atoms with Crippen molar-refractivity contribution in [2.75, 3.05) is 40.4 Å². The Balaban J connectivity index is 1.67. The number of sulfonamides is 1. The first kappa shape index (κ1) is 20.6. The molecule has 6 nitrogen and oxygen atoms in total. The summed E-state index contributed by atoms with van der Waals surface area (Å²) in [6.07, 6.45) is 0. The lowest BCUT2D eigenvalue weighted by molar-refractivity contribution is 0.181. The minimum Gasteiger partial charge on any atom is -0.493 e. The van der Waals surface area contributed by atoms with Gasteiger partial charge >= 0.3 is 0 Å². The summed E-state index contributed by atoms with van der Waals surface area (Å²) in [4.78, 5) is 2.64. The fourth-order valence-corrected chi connectivity index (χ4v) is 4.84. The molecule has 0 radical (unpaired) electrons. The van der Waals surface area contributed by atoms with Gasteiger partial charge in [0.2, 0.25) is 10.0 Å². The molecule has 2 aromatic rings. The Kier molecular flexibility index (Phi) is 6.27. The van der Waals surface area contributed by atoms with E-state index in [0.29, 0.717) is 36.8 Å². The van der Waals surface area contributed by atoms with Crippen LogP contribution >= 0.6 is 0 Å². The molecule has 0 amide bonds. The zero-order valence-electron chi connectivity index (χ0n) is 16.9. The number of aryl methyl sites for hydroxylation is 2. The first-order valence-electron chi connectivity index (χ1n) is 9.36. The number of rotatable bonds is 6. The molecule has 0 spiro atoms. The van der Waals surface area contributed by atoms with E-state index in [9.17, 15) is 8.42 Å². The molecule has 28 heavy (non-hydrogen) atoms. The van der Waals surface area contributed by atoms with E-state index in [1.54, 1.807) is 30.7 Å². The molecule has 152 valence electrons. The molecule has 7 heteroatoms. The van der Waals surface area contributed by atoms with E-state index in [4.69, 9.17) is 9.47 Å². The molecule has 0 unspecified atom stereocenters. The number of piperazine rings is 1. The van der Waals surface area contributed by atoms with Gasteiger partial charge in [-0.05, 0) is 49.2 Å². The Bertz CT molecular complexity index is 918. The summed E-state index contributed by atoms with van der Waals surface area (Å²) in [6.45, 7) is 7.12. The van der Waals surface area contributed by atoms with Gasteiger partial charge in [0.15, 0.2) is 11.5 Å². The van der Waals surface area contributed by atoms with Gasteiger partial charge in [-0.1, -0.05) is 17.7 Å². The minimum absolute atomic E-state index is 0.363. The summed E-state index contributed by atoms with van der Waals surface area (Å²) < 4.78 is 38.0. The van der Waals surface area contributed by atoms with E-state index in [2.05, 4.69) is 11.8 Å². The summed E-state index contributed by atoms with van der Waals surface area (Å²) in [5, 5.41) is 0. The zero-order chi connectivity index (χ0) is 20.3. The molecule has 0 aliphatic carbocycles. The predicted octanol–water partition coefficient (Wildman–Crippen LogP) is 2.83. The largest absolute Gasteiger partial charge is 0.493 e. The maximum absolute atomic E-state index is 12.8. The highest BCUT2D eigenvalue weighted by atomic mass is 32.2. The first-order chi connectivity index (χ1) is 13.3. The van der Waals surface area contributed by atoms with Crippen molar-refractivity contribution < 1.29 is 17.9 Å². The van der Waals surface area contributed by atoms with Crippen LogP contribution in [0.4, 0.5) is 0 Å². The van der Waals surface area contributed by atoms with Crippen molar-refractivity contribution in [1.29, 1.82) is 0 Å². The van der Waals surface area contributed by atoms with Crippen molar-refractivity contribution in [3.63, 3.8) is 0 Å². The summed E-state index contributed by atoms with van der Waals surface area (Å²) in [5.41, 5.74) is 3.34. The summed E-state index contributed by atoms with van der Waals surface area (Å²) in [7, 11) is -0.173. The number of hydrogen-bond donors (Lipinski definition) is 0. The Morgan fingerprint density at radius 1 is 0.893 bits per heavy atom. The van der Waals surface area contributed by atoms with Gasteiger partial charge < -0.3 is 9.47 Å². The molecule has 0 N–H and O–H groups in total. The maximum atomic E-state index is 12.8. The Morgan fingerprint density at radius 2 is 1.46 bits per heavy atom. The van der Waals surface area contributed by atoms with Crippen LogP contribution in [0.5, 0.6) is 11.5 Å². The molecular formula is C21H28N2O4S. The van der Waals surface area contributed by atoms with E-state index in [-0.39, 0.29) is 0 Å². The van der Waals surface area contributed by atoms with Gasteiger partial charge in [0.25, 0.3) is 0 Å². The van der Waals surface area contributed by atoms with Crippen molar-refractivity contribution in [2.45, 2.75) is 25.3 Å². The second-order valence-electron chi connectivity index (χ2n) is 7.13. The van der Waals surface area contributed by atoms with Crippen molar-refractivity contribution in [3.8, 4) is 11.5 Å². The van der Waals surface area contributed by atoms with Gasteiger partial charge in [-0.25, -0.2) is 8.42 Å². The van der Waals surface area contributed by atoms with Crippen LogP contribution in [0.1, 0.15) is 16.7 Å². The Morgan fingerprint density at radius 3 is 2.04 bits per heavy atom. The molecule has 1 saturated heterocycles. The predicted molar refractivity (Wildman–Crippen MR) is 109 cm³/mol. The van der Waals surface area contributed by atoms with Crippen LogP contribution in [-0.4, -0.2) is 58.0 Å². The minimum atomic E-state index is -3.43. The van der Waals surface area contributed by atoms with Crippen LogP contribution in [0.25, 0.3) is 0 Å². The number of methoxy groups -OCH3 is 2. The molecule has 0 atom stereocenters. The fourth-order valence-electron chi connectivity index (χ4n) is 3.42. The molecular weight excluding hydrogens is 376 g/mol. The van der Waals surface area contributed by atoms with Gasteiger partial charge in [0.05, 0.1) is 19.1 Å². The standard InChI is InChI=1S/C21H28N2O4S/c1-16-5-7-19(8-6-16)28(24,25)23-11-9-22(10-12-23)15-18-14-21(27-4)20(26-3)13-17(18)2/h5-8,13-14H,9-12,15H2,1-4H3. The van der Waals surface area contributed by atoms with Gasteiger partial charge in [0.1, 0.15) is 0 Å². The van der Waals surface area contributed by atoms with E-state index >= 15 is 0 Å². The lowest BCUT2D eigenvalue weighted by atomic mass is 10.1. The number of nitrogens with zero attached hydrogens (tertiary/aromatic N) is 2. The van der Waals surface area contributed by atoms with Crippen LogP contribution in [0.3, 0.4) is 0 Å². The van der Waals surface area contributed by atoms with Gasteiger partial charge in [-0.15, -0.1) is 0 Å². The van der Waals surface area contributed by atoms with Crippen LogP contribution in [0.2, 0.25) is 0 Å². The monoisotopic (exact) mass is 404 g/mol. The van der Waals surface area contributed by atoms with Crippen LogP contribution in [0.15, 0.2) is 41.3 Å². The van der Waals surface area contributed by atoms with Crippen LogP contribution in [-0.2, 0) is 16.6 Å². The van der Waals surface area contributed by atoms with Crippen molar-refractivity contribution in [2.24, 2.45) is 0 Å². The second-order valence-corrected chi connectivity index (χ2v) is 9.06. The smallest absolute Gasteiger partial charge is 0.243 e. The third-order valence-electron chi connectivity index (χ3n) is 5.23. The third kappa shape index (κ3) is 4.32. The highest BCUT2D eigenvalue weighted by Gasteiger charge is 2.28. The third-order valence-corrected chi connectivity index (χ3v) is 7.14. The second kappa shape index (κ2) is 8.51. The quantitative estimate of drug-likeness (QED) is 0.741. The van der Waals surface area contributed by atoms with E-state index in [1.165, 1.54) is 0 Å². The molecule has 0 saturated carbocycles. The Labute approximate surface area is 167 Å². The normalized spacial score (nSPS) is 16.1. The number of ether oxygens (including phenoxy) is 2. The molecule has 1 aliphatic rings. The molecule has 0 aromatic heterocycles. The summed E-state index contributed by atoms with van der Waals surface area (Å²) in [5.74, 6) is 1.43. The average molecular weight is 405 g/mol. The van der Waals surface area contributed by atoms with Crippen LogP contribution in [0, 0.1) is 13.8 Å². The maximum Gasteiger partial charge on any atom is 0.243 e. The van der Waals surface area contributed by atoms with Crippen LogP contribution < -0.4 is 9.47 Å². The lowest BCUT2D eigenvalue weighted by Gasteiger charge is -2.34. The average Bonchev–Trinajstić information content (AvgIpc) is 2.70. The molecule has 2 aromatic carbocycles. The van der Waals surface area contributed by atoms with Crippen molar-refractivity contribution >= 4 is 10.0 Å². The Hall–Kier alpha value is -2.09. The molecule has 1 fully saturated rings. The highest BCUT2D eigenvalue weighted by molar-refractivity contribution is 7.89. The SMILES string of the molecule is COc1cc(C)c(CN2CCN(S(=O)(=O)c3ccc(C)cc3)CC2)cc1OC. The fraction of sp³-hybridized carbons (Fsp3) is 0.429.